The monoisotopic (exact) mass is 469 g/mol. The van der Waals surface area contributed by atoms with E-state index in [1.165, 1.54) is 24.0 Å². The minimum Gasteiger partial charge on any atom is -0.466 e. The van der Waals surface area contributed by atoms with Gasteiger partial charge in [-0.3, -0.25) is 14.6 Å². The van der Waals surface area contributed by atoms with Crippen molar-refractivity contribution >= 4 is 36.2 Å². The number of rotatable bonds is 7. The first-order valence-electron chi connectivity index (χ1n) is 11.6. The van der Waals surface area contributed by atoms with Gasteiger partial charge in [0.25, 0.3) is 5.91 Å². The minimum absolute atomic E-state index is 0. The second-order valence-electron chi connectivity index (χ2n) is 8.58. The van der Waals surface area contributed by atoms with E-state index in [9.17, 15) is 9.59 Å². The Labute approximate surface area is 201 Å². The van der Waals surface area contributed by atoms with Crippen molar-refractivity contribution in [2.24, 2.45) is 11.0 Å². The van der Waals surface area contributed by atoms with Crippen molar-refractivity contribution in [3.8, 4) is 0 Å². The smallest absolute Gasteiger partial charge is 0.306 e. The molecule has 1 aliphatic heterocycles. The quantitative estimate of drug-likeness (QED) is 0.465. The van der Waals surface area contributed by atoms with Gasteiger partial charge < -0.3 is 10.1 Å². The molecule has 7 heteroatoms. The van der Waals surface area contributed by atoms with Crippen molar-refractivity contribution in [1.29, 1.82) is 0 Å². The number of nitrogens with zero attached hydrogens (tertiary/aromatic N) is 2. The normalized spacial score (nSPS) is 17.4. The van der Waals surface area contributed by atoms with Gasteiger partial charge in [-0.15, -0.1) is 12.4 Å². The highest BCUT2D eigenvalue weighted by atomic mass is 35.5. The SMILES string of the molecule is CCOC(=O)CC1CCc2ccc(NC(=O)c3ccc(C=NN4CCCC4)cc3)cc2C1.Cl. The van der Waals surface area contributed by atoms with Gasteiger partial charge in [0, 0.05) is 30.8 Å². The van der Waals surface area contributed by atoms with Crippen LogP contribution in [0.2, 0.25) is 0 Å². The fraction of sp³-hybridized carbons (Fsp3) is 0.423. The maximum absolute atomic E-state index is 12.7. The molecule has 1 amide bonds. The Kier molecular flexibility index (Phi) is 8.89. The van der Waals surface area contributed by atoms with Gasteiger partial charge in [-0.05, 0) is 85.9 Å². The van der Waals surface area contributed by atoms with Crippen LogP contribution in [0, 0.1) is 5.92 Å². The fourth-order valence-corrected chi connectivity index (χ4v) is 4.43. The number of hydrogen-bond acceptors (Lipinski definition) is 5. The molecule has 1 N–H and O–H groups in total. The van der Waals surface area contributed by atoms with E-state index in [0.717, 1.165) is 43.6 Å². The van der Waals surface area contributed by atoms with E-state index >= 15 is 0 Å². The molecular weight excluding hydrogens is 438 g/mol. The first kappa shape index (κ1) is 24.8. The second kappa shape index (κ2) is 11.8. The Balaban J connectivity index is 0.00000306. The number of fused-ring (bicyclic) bond motifs is 1. The summed E-state index contributed by atoms with van der Waals surface area (Å²) in [5.74, 6) is 0.0356. The Bertz CT molecular complexity index is 985. The molecule has 33 heavy (non-hydrogen) atoms. The molecule has 1 aliphatic carbocycles. The molecule has 6 nitrogen and oxygen atoms in total. The maximum atomic E-state index is 12.7. The van der Waals surface area contributed by atoms with Crippen LogP contribution in [0.15, 0.2) is 47.6 Å². The van der Waals surface area contributed by atoms with E-state index in [0.29, 0.717) is 24.5 Å². The predicted molar refractivity (Wildman–Crippen MR) is 133 cm³/mol. The zero-order chi connectivity index (χ0) is 22.3. The number of anilines is 1. The molecule has 0 bridgehead atoms. The summed E-state index contributed by atoms with van der Waals surface area (Å²) in [6.07, 6.45) is 7.48. The molecule has 176 valence electrons. The number of aryl methyl sites for hydroxylation is 1. The third kappa shape index (κ3) is 6.81. The van der Waals surface area contributed by atoms with E-state index in [-0.39, 0.29) is 24.3 Å². The zero-order valence-electron chi connectivity index (χ0n) is 19.1. The molecule has 2 aromatic carbocycles. The summed E-state index contributed by atoms with van der Waals surface area (Å²) in [7, 11) is 0. The lowest BCUT2D eigenvalue weighted by atomic mass is 9.82. The van der Waals surface area contributed by atoms with Crippen LogP contribution in [0.25, 0.3) is 0 Å². The number of nitrogens with one attached hydrogen (secondary N) is 1. The number of hydrazone groups is 1. The van der Waals surface area contributed by atoms with Crippen molar-refractivity contribution in [2.75, 3.05) is 25.0 Å². The van der Waals surface area contributed by atoms with Crippen LogP contribution < -0.4 is 5.32 Å². The molecule has 2 aromatic rings. The molecule has 0 saturated carbocycles. The number of carbonyl (C=O) groups is 2. The molecule has 0 radical (unpaired) electrons. The molecule has 1 heterocycles. The van der Waals surface area contributed by atoms with Crippen LogP contribution in [0.4, 0.5) is 5.69 Å². The average Bonchev–Trinajstić information content (AvgIpc) is 3.32. The number of halogens is 1. The first-order chi connectivity index (χ1) is 15.6. The Morgan fingerprint density at radius 2 is 1.88 bits per heavy atom. The molecule has 1 fully saturated rings. The van der Waals surface area contributed by atoms with E-state index < -0.39 is 0 Å². The lowest BCUT2D eigenvalue weighted by molar-refractivity contribution is -0.144. The number of ether oxygens (including phenoxy) is 1. The van der Waals surface area contributed by atoms with Crippen molar-refractivity contribution in [2.45, 2.75) is 45.4 Å². The van der Waals surface area contributed by atoms with Crippen LogP contribution in [0.3, 0.4) is 0 Å². The van der Waals surface area contributed by atoms with Gasteiger partial charge in [0.05, 0.1) is 12.8 Å². The van der Waals surface area contributed by atoms with Crippen LogP contribution in [-0.2, 0) is 22.4 Å². The highest BCUT2D eigenvalue weighted by molar-refractivity contribution is 6.04. The zero-order valence-corrected chi connectivity index (χ0v) is 19.9. The highest BCUT2D eigenvalue weighted by Gasteiger charge is 2.22. The molecule has 0 aromatic heterocycles. The van der Waals surface area contributed by atoms with Crippen LogP contribution in [0.1, 0.15) is 59.7 Å². The molecule has 1 saturated heterocycles. The topological polar surface area (TPSA) is 71.0 Å². The molecule has 1 atom stereocenters. The van der Waals surface area contributed by atoms with Gasteiger partial charge in [0.2, 0.25) is 0 Å². The van der Waals surface area contributed by atoms with Crippen molar-refractivity contribution in [3.63, 3.8) is 0 Å². The van der Waals surface area contributed by atoms with E-state index in [1.54, 1.807) is 0 Å². The number of benzene rings is 2. The summed E-state index contributed by atoms with van der Waals surface area (Å²) in [6, 6.07) is 13.6. The van der Waals surface area contributed by atoms with Gasteiger partial charge in [-0.25, -0.2) is 0 Å². The van der Waals surface area contributed by atoms with Gasteiger partial charge in [-0.2, -0.15) is 5.10 Å². The summed E-state index contributed by atoms with van der Waals surface area (Å²) < 4.78 is 5.10. The van der Waals surface area contributed by atoms with Crippen molar-refractivity contribution in [3.05, 3.63) is 64.7 Å². The molecular formula is C26H32ClN3O3. The standard InChI is InChI=1S/C26H31N3O3.ClH/c1-2-32-25(30)16-20-7-8-21-11-12-24(17-23(21)15-20)28-26(31)22-9-5-19(6-10-22)18-27-29-13-3-4-14-29;/h5-6,9-12,17-18,20H,2-4,7-8,13-16H2,1H3,(H,28,31);1H. The van der Waals surface area contributed by atoms with Gasteiger partial charge in [-0.1, -0.05) is 18.2 Å². The van der Waals surface area contributed by atoms with E-state index in [1.807, 2.05) is 49.5 Å². The summed E-state index contributed by atoms with van der Waals surface area (Å²) >= 11 is 0. The lowest BCUT2D eigenvalue weighted by Gasteiger charge is -2.24. The van der Waals surface area contributed by atoms with Crippen LogP contribution in [0.5, 0.6) is 0 Å². The van der Waals surface area contributed by atoms with Gasteiger partial charge in [0.15, 0.2) is 0 Å². The second-order valence-corrected chi connectivity index (χ2v) is 8.58. The molecule has 1 unspecified atom stereocenters. The summed E-state index contributed by atoms with van der Waals surface area (Å²) in [4.78, 5) is 24.6. The number of hydrogen-bond donors (Lipinski definition) is 1. The van der Waals surface area contributed by atoms with Gasteiger partial charge >= 0.3 is 5.97 Å². The summed E-state index contributed by atoms with van der Waals surface area (Å²) in [5.41, 5.74) is 4.88. The number of carbonyl (C=O) groups excluding carboxylic acids is 2. The molecule has 2 aliphatic rings. The molecule has 0 spiro atoms. The Morgan fingerprint density at radius 1 is 1.12 bits per heavy atom. The lowest BCUT2D eigenvalue weighted by Crippen LogP contribution is -2.19. The largest absolute Gasteiger partial charge is 0.466 e. The van der Waals surface area contributed by atoms with Crippen molar-refractivity contribution in [1.82, 2.24) is 5.01 Å². The van der Waals surface area contributed by atoms with Crippen molar-refractivity contribution < 1.29 is 14.3 Å². The summed E-state index contributed by atoms with van der Waals surface area (Å²) in [6.45, 7) is 4.28. The van der Waals surface area contributed by atoms with E-state index in [2.05, 4.69) is 21.5 Å². The highest BCUT2D eigenvalue weighted by Crippen LogP contribution is 2.30. The molecule has 4 rings (SSSR count). The first-order valence-corrected chi connectivity index (χ1v) is 11.6. The van der Waals surface area contributed by atoms with Crippen LogP contribution >= 0.6 is 12.4 Å². The summed E-state index contributed by atoms with van der Waals surface area (Å²) in [5, 5.41) is 9.58. The Hall–Kier alpha value is -2.86. The third-order valence-electron chi connectivity index (χ3n) is 6.18. The number of amides is 1. The minimum atomic E-state index is -0.133. The average molecular weight is 470 g/mol. The van der Waals surface area contributed by atoms with Gasteiger partial charge in [0.1, 0.15) is 0 Å². The van der Waals surface area contributed by atoms with Crippen LogP contribution in [-0.4, -0.2) is 42.8 Å². The third-order valence-corrected chi connectivity index (χ3v) is 6.18. The predicted octanol–water partition coefficient (Wildman–Crippen LogP) is 4.85. The number of esters is 1. The Morgan fingerprint density at radius 3 is 2.61 bits per heavy atom. The fourth-order valence-electron chi connectivity index (χ4n) is 4.43. The van der Waals surface area contributed by atoms with E-state index in [4.69, 9.17) is 4.74 Å². The maximum Gasteiger partial charge on any atom is 0.306 e.